The molecule has 1 saturated carbocycles. The van der Waals surface area contributed by atoms with Crippen molar-refractivity contribution >= 4 is 11.9 Å². The molecule has 0 unspecified atom stereocenters. The van der Waals surface area contributed by atoms with Crippen LogP contribution in [0.3, 0.4) is 0 Å². The Morgan fingerprint density at radius 1 is 0.744 bits per heavy atom. The van der Waals surface area contributed by atoms with Crippen molar-refractivity contribution in [3.63, 3.8) is 0 Å². The first kappa shape index (κ1) is 29.4. The zero-order valence-corrected chi connectivity index (χ0v) is 23.4. The summed E-state index contributed by atoms with van der Waals surface area (Å²) in [5, 5.41) is 0. The van der Waals surface area contributed by atoms with Crippen molar-refractivity contribution in [2.24, 2.45) is 0 Å². The molecule has 0 aliphatic heterocycles. The van der Waals surface area contributed by atoms with Gasteiger partial charge in [-0.05, 0) is 99.2 Å². The third kappa shape index (κ3) is 7.70. The molecule has 3 rings (SSSR count). The van der Waals surface area contributed by atoms with Gasteiger partial charge in [-0.1, -0.05) is 56.7 Å². The fourth-order valence-corrected chi connectivity index (χ4v) is 5.05. The van der Waals surface area contributed by atoms with Gasteiger partial charge in [-0.15, -0.1) is 0 Å². The molecule has 0 N–H and O–H groups in total. The molecule has 2 aromatic carbocycles. The van der Waals surface area contributed by atoms with Crippen molar-refractivity contribution in [3.8, 4) is 11.5 Å². The van der Waals surface area contributed by atoms with E-state index in [1.54, 1.807) is 44.4 Å². The molecular weight excluding hydrogens is 488 g/mol. The van der Waals surface area contributed by atoms with Crippen molar-refractivity contribution in [2.75, 3.05) is 0 Å². The Hall–Kier alpha value is -4.12. The van der Waals surface area contributed by atoms with Gasteiger partial charge in [0.15, 0.2) is 0 Å². The van der Waals surface area contributed by atoms with Crippen molar-refractivity contribution < 1.29 is 23.8 Å². The lowest BCUT2D eigenvalue weighted by Gasteiger charge is -2.40. The van der Waals surface area contributed by atoms with Crippen LogP contribution in [0.2, 0.25) is 0 Å². The summed E-state index contributed by atoms with van der Waals surface area (Å²) in [4.78, 5) is 23.3. The average molecular weight is 527 g/mol. The lowest BCUT2D eigenvalue weighted by atomic mass is 9.63. The molecule has 0 spiro atoms. The lowest BCUT2D eigenvalue weighted by molar-refractivity contribution is -0.133. The van der Waals surface area contributed by atoms with E-state index in [0.717, 1.165) is 24.2 Å². The molecular formula is C34H38O5. The first-order chi connectivity index (χ1) is 18.6. The fraction of sp³-hybridized carbons (Fsp3) is 0.294. The first-order valence-corrected chi connectivity index (χ1v) is 13.3. The van der Waals surface area contributed by atoms with Gasteiger partial charge >= 0.3 is 11.9 Å². The normalized spacial score (nSPS) is 15.0. The molecule has 0 radical (unpaired) electrons. The summed E-state index contributed by atoms with van der Waals surface area (Å²) in [5.41, 5.74) is 5.51. The van der Waals surface area contributed by atoms with Gasteiger partial charge in [0.05, 0.1) is 12.5 Å². The number of benzene rings is 2. The van der Waals surface area contributed by atoms with Crippen LogP contribution in [0.4, 0.5) is 0 Å². The Balaban J connectivity index is 1.76. The van der Waals surface area contributed by atoms with E-state index in [9.17, 15) is 9.59 Å². The number of allylic oxidation sites excluding steroid dienone is 4. The number of carbonyl (C=O) groups excluding carboxylic acids is 2. The molecule has 0 atom stereocenters. The van der Waals surface area contributed by atoms with Crippen LogP contribution in [-0.2, 0) is 19.7 Å². The van der Waals surface area contributed by atoms with Crippen LogP contribution in [-0.4, -0.2) is 11.9 Å². The minimum Gasteiger partial charge on any atom is -0.465 e. The summed E-state index contributed by atoms with van der Waals surface area (Å²) >= 11 is 0. The van der Waals surface area contributed by atoms with E-state index in [1.165, 1.54) is 42.2 Å². The number of ether oxygens (including phenoxy) is 3. The van der Waals surface area contributed by atoms with Crippen LogP contribution in [0.5, 0.6) is 11.5 Å². The molecule has 5 nitrogen and oxygen atoms in total. The van der Waals surface area contributed by atoms with Crippen molar-refractivity contribution in [3.05, 3.63) is 120 Å². The summed E-state index contributed by atoms with van der Waals surface area (Å²) in [7, 11) is 0. The highest BCUT2D eigenvalue weighted by Crippen LogP contribution is 2.48. The van der Waals surface area contributed by atoms with E-state index in [1.807, 2.05) is 18.2 Å². The van der Waals surface area contributed by atoms with Gasteiger partial charge in [-0.3, -0.25) is 0 Å². The van der Waals surface area contributed by atoms with Gasteiger partial charge in [0.25, 0.3) is 0 Å². The second-order valence-electron chi connectivity index (χ2n) is 10.1. The van der Waals surface area contributed by atoms with Crippen LogP contribution in [0.15, 0.2) is 97.5 Å². The summed E-state index contributed by atoms with van der Waals surface area (Å²) in [6.07, 6.45) is 15.5. The Kier molecular flexibility index (Phi) is 10.3. The molecule has 0 bridgehead atoms. The monoisotopic (exact) mass is 526 g/mol. The van der Waals surface area contributed by atoms with Crippen LogP contribution < -0.4 is 9.47 Å². The number of rotatable bonds is 10. The van der Waals surface area contributed by atoms with E-state index in [4.69, 9.17) is 14.2 Å². The van der Waals surface area contributed by atoms with Gasteiger partial charge in [0.1, 0.15) is 11.5 Å². The molecule has 39 heavy (non-hydrogen) atoms. The highest BCUT2D eigenvalue weighted by Gasteiger charge is 2.38. The highest BCUT2D eigenvalue weighted by molar-refractivity contribution is 5.88. The summed E-state index contributed by atoms with van der Waals surface area (Å²) in [6, 6.07) is 12.3. The molecule has 0 aromatic heterocycles. The minimum atomic E-state index is -0.455. The second kappa shape index (κ2) is 13.6. The Morgan fingerprint density at radius 2 is 1.28 bits per heavy atom. The quantitative estimate of drug-likeness (QED) is 0.103. The summed E-state index contributed by atoms with van der Waals surface area (Å²) in [6.45, 7) is 14.7. The summed E-state index contributed by atoms with van der Waals surface area (Å²) < 4.78 is 16.2. The van der Waals surface area contributed by atoms with Gasteiger partial charge in [0.2, 0.25) is 0 Å². The number of aryl methyl sites for hydroxylation is 2. The Bertz CT molecular complexity index is 1320. The first-order valence-electron chi connectivity index (χ1n) is 13.3. The van der Waals surface area contributed by atoms with Crippen LogP contribution in [0.25, 0.3) is 0 Å². The van der Waals surface area contributed by atoms with E-state index in [-0.39, 0.29) is 5.41 Å². The topological polar surface area (TPSA) is 61.8 Å². The van der Waals surface area contributed by atoms with Gasteiger partial charge in [-0.2, -0.15) is 0 Å². The molecule has 5 heteroatoms. The molecule has 1 aliphatic carbocycles. The predicted octanol–water partition coefficient (Wildman–Crippen LogP) is 8.12. The predicted molar refractivity (Wildman–Crippen MR) is 156 cm³/mol. The van der Waals surface area contributed by atoms with Crippen molar-refractivity contribution in [2.45, 2.75) is 65.2 Å². The SMILES string of the molecule is C=C(C)C(=O)O/C=C/C=C/C=C/Oc1ccc(C2(c3ccc(OC(=O)C(=C)C)cc3C)CCCCC2)c(C)c1. The second-order valence-corrected chi connectivity index (χ2v) is 10.1. The minimum absolute atomic E-state index is 0.0969. The van der Waals surface area contributed by atoms with Crippen LogP contribution in [0, 0.1) is 13.8 Å². The number of esters is 2. The van der Waals surface area contributed by atoms with Crippen LogP contribution >= 0.6 is 0 Å². The van der Waals surface area contributed by atoms with E-state index >= 15 is 0 Å². The van der Waals surface area contributed by atoms with Crippen LogP contribution in [0.1, 0.15) is 68.2 Å². The standard InChI is InChI=1S/C34H38O5/c1-24(2)32(35)38-21-13-8-7-12-20-37-28-14-16-30(26(5)22-28)34(18-10-9-11-19-34)31-17-15-29(23-27(31)6)39-33(36)25(3)4/h7-8,12-17,20-23H,1,3,9-11,18-19H2,2,4-6H3/b8-7+,20-12+,21-13+. The van der Waals surface area contributed by atoms with Crippen molar-refractivity contribution in [1.29, 1.82) is 0 Å². The number of carbonyl (C=O) groups is 2. The molecule has 0 amide bonds. The third-order valence-electron chi connectivity index (χ3n) is 6.91. The Labute approximate surface area is 232 Å². The third-order valence-corrected chi connectivity index (χ3v) is 6.91. The maximum atomic E-state index is 12.0. The van der Waals surface area contributed by atoms with Crippen molar-refractivity contribution in [1.82, 2.24) is 0 Å². The van der Waals surface area contributed by atoms with E-state index in [2.05, 4.69) is 45.2 Å². The smallest absolute Gasteiger partial charge is 0.338 e. The number of hydrogen-bond acceptors (Lipinski definition) is 5. The maximum Gasteiger partial charge on any atom is 0.338 e. The zero-order chi connectivity index (χ0) is 28.4. The summed E-state index contributed by atoms with van der Waals surface area (Å²) in [5.74, 6) is 0.436. The lowest BCUT2D eigenvalue weighted by Crippen LogP contribution is -2.32. The molecule has 0 saturated heterocycles. The maximum absolute atomic E-state index is 12.0. The van der Waals surface area contributed by atoms with Gasteiger partial charge < -0.3 is 14.2 Å². The highest BCUT2D eigenvalue weighted by atomic mass is 16.5. The fourth-order valence-electron chi connectivity index (χ4n) is 5.05. The average Bonchev–Trinajstić information content (AvgIpc) is 2.90. The molecule has 0 heterocycles. The Morgan fingerprint density at radius 3 is 1.85 bits per heavy atom. The van der Waals surface area contributed by atoms with Gasteiger partial charge in [-0.25, -0.2) is 9.59 Å². The molecule has 2 aromatic rings. The molecule has 1 aliphatic rings. The van der Waals surface area contributed by atoms with E-state index < -0.39 is 11.9 Å². The number of hydrogen-bond donors (Lipinski definition) is 0. The zero-order valence-electron chi connectivity index (χ0n) is 23.4. The van der Waals surface area contributed by atoms with E-state index in [0.29, 0.717) is 16.9 Å². The molecule has 1 fully saturated rings. The molecule has 204 valence electrons. The largest absolute Gasteiger partial charge is 0.465 e. The van der Waals surface area contributed by atoms with Gasteiger partial charge in [0, 0.05) is 16.6 Å².